The molecular weight excluding hydrogens is 228 g/mol. The Morgan fingerprint density at radius 1 is 1.33 bits per heavy atom. The fourth-order valence-corrected chi connectivity index (χ4v) is 2.27. The first-order valence-corrected chi connectivity index (χ1v) is 6.38. The maximum absolute atomic E-state index is 5.26. The van der Waals surface area contributed by atoms with E-state index in [2.05, 4.69) is 20.4 Å². The lowest BCUT2D eigenvalue weighted by molar-refractivity contribution is 0.419. The van der Waals surface area contributed by atoms with Crippen LogP contribution in [-0.2, 0) is 6.42 Å². The van der Waals surface area contributed by atoms with E-state index in [9.17, 15) is 0 Å². The van der Waals surface area contributed by atoms with E-state index in [1.54, 1.807) is 12.4 Å². The van der Waals surface area contributed by atoms with E-state index in [0.717, 1.165) is 30.8 Å². The lowest BCUT2D eigenvalue weighted by atomic mass is 10.1. The van der Waals surface area contributed by atoms with Gasteiger partial charge in [0.1, 0.15) is 0 Å². The van der Waals surface area contributed by atoms with E-state index in [0.29, 0.717) is 11.9 Å². The number of aromatic nitrogens is 3. The van der Waals surface area contributed by atoms with Crippen LogP contribution in [0, 0.1) is 0 Å². The first-order chi connectivity index (χ1) is 8.92. The van der Waals surface area contributed by atoms with Crippen LogP contribution in [0.1, 0.15) is 25.1 Å². The Bertz CT molecular complexity index is 491. The maximum Gasteiger partial charge on any atom is 0.258 e. The highest BCUT2D eigenvalue weighted by molar-refractivity contribution is 5.50. The van der Waals surface area contributed by atoms with E-state index < -0.39 is 0 Å². The van der Waals surface area contributed by atoms with Crippen LogP contribution in [0.5, 0.6) is 0 Å². The monoisotopic (exact) mass is 244 g/mol. The zero-order valence-corrected chi connectivity index (χ0v) is 10.2. The highest BCUT2D eigenvalue weighted by Crippen LogP contribution is 2.17. The molecule has 2 aromatic rings. The molecule has 0 bridgehead atoms. The van der Waals surface area contributed by atoms with Crippen molar-refractivity contribution in [1.82, 2.24) is 20.4 Å². The number of pyridine rings is 1. The third-order valence-electron chi connectivity index (χ3n) is 3.27. The Labute approximate surface area is 106 Å². The highest BCUT2D eigenvalue weighted by atomic mass is 16.5. The van der Waals surface area contributed by atoms with Crippen LogP contribution in [0.4, 0.5) is 0 Å². The number of hydrogen-bond donors (Lipinski definition) is 1. The summed E-state index contributed by atoms with van der Waals surface area (Å²) in [6, 6.07) is 4.36. The van der Waals surface area contributed by atoms with Gasteiger partial charge in [0.05, 0.1) is 0 Å². The number of rotatable bonds is 4. The molecule has 5 nitrogen and oxygen atoms in total. The van der Waals surface area contributed by atoms with Crippen LogP contribution in [0.2, 0.25) is 0 Å². The summed E-state index contributed by atoms with van der Waals surface area (Å²) in [7, 11) is 0. The molecule has 1 atom stereocenters. The molecular formula is C13H16N4O. The SMILES string of the molecule is c1cc(-c2nc(CCC3CCCN3)no2)ccn1. The van der Waals surface area contributed by atoms with Gasteiger partial charge in [-0.15, -0.1) is 0 Å². The van der Waals surface area contributed by atoms with Crippen molar-refractivity contribution in [2.45, 2.75) is 31.7 Å². The topological polar surface area (TPSA) is 63.8 Å². The van der Waals surface area contributed by atoms with Gasteiger partial charge in [0, 0.05) is 30.4 Å². The molecule has 94 valence electrons. The third-order valence-corrected chi connectivity index (χ3v) is 3.27. The Morgan fingerprint density at radius 3 is 3.00 bits per heavy atom. The number of nitrogens with zero attached hydrogens (tertiary/aromatic N) is 3. The van der Waals surface area contributed by atoms with Crippen molar-refractivity contribution in [3.05, 3.63) is 30.4 Å². The Hall–Kier alpha value is -1.75. The molecule has 0 aromatic carbocycles. The average molecular weight is 244 g/mol. The van der Waals surface area contributed by atoms with Gasteiger partial charge in [-0.05, 0) is 37.9 Å². The molecule has 0 radical (unpaired) electrons. The second kappa shape index (κ2) is 5.27. The number of aryl methyl sites for hydroxylation is 1. The van der Waals surface area contributed by atoms with Crippen molar-refractivity contribution < 1.29 is 4.52 Å². The van der Waals surface area contributed by atoms with Gasteiger partial charge < -0.3 is 9.84 Å². The number of nitrogens with one attached hydrogen (secondary N) is 1. The first kappa shape index (κ1) is 11.3. The summed E-state index contributed by atoms with van der Waals surface area (Å²) in [6.07, 6.45) is 7.93. The van der Waals surface area contributed by atoms with E-state index >= 15 is 0 Å². The summed E-state index contributed by atoms with van der Waals surface area (Å²) >= 11 is 0. The summed E-state index contributed by atoms with van der Waals surface area (Å²) in [5.74, 6) is 1.36. The number of hydrogen-bond acceptors (Lipinski definition) is 5. The molecule has 3 rings (SSSR count). The van der Waals surface area contributed by atoms with Crippen LogP contribution in [0.25, 0.3) is 11.5 Å². The van der Waals surface area contributed by atoms with Crippen LogP contribution in [-0.4, -0.2) is 27.7 Å². The van der Waals surface area contributed by atoms with Crippen LogP contribution in [0.3, 0.4) is 0 Å². The summed E-state index contributed by atoms with van der Waals surface area (Å²) in [6.45, 7) is 1.14. The zero-order valence-electron chi connectivity index (χ0n) is 10.2. The normalized spacial score (nSPS) is 19.2. The smallest absolute Gasteiger partial charge is 0.258 e. The lowest BCUT2D eigenvalue weighted by Crippen LogP contribution is -2.21. The molecule has 1 fully saturated rings. The van der Waals surface area contributed by atoms with Crippen molar-refractivity contribution in [2.24, 2.45) is 0 Å². The van der Waals surface area contributed by atoms with Gasteiger partial charge in [-0.25, -0.2) is 0 Å². The molecule has 1 N–H and O–H groups in total. The van der Waals surface area contributed by atoms with Crippen LogP contribution >= 0.6 is 0 Å². The average Bonchev–Trinajstić information content (AvgIpc) is 3.09. The molecule has 3 heterocycles. The quantitative estimate of drug-likeness (QED) is 0.888. The maximum atomic E-state index is 5.26. The summed E-state index contributed by atoms with van der Waals surface area (Å²) in [5.41, 5.74) is 0.919. The van der Waals surface area contributed by atoms with Crippen molar-refractivity contribution in [1.29, 1.82) is 0 Å². The molecule has 18 heavy (non-hydrogen) atoms. The van der Waals surface area contributed by atoms with Gasteiger partial charge in [-0.2, -0.15) is 4.98 Å². The van der Waals surface area contributed by atoms with E-state index in [1.807, 2.05) is 12.1 Å². The fraction of sp³-hybridized carbons (Fsp3) is 0.462. The largest absolute Gasteiger partial charge is 0.334 e. The van der Waals surface area contributed by atoms with E-state index in [-0.39, 0.29) is 0 Å². The minimum absolute atomic E-state index is 0.576. The van der Waals surface area contributed by atoms with Gasteiger partial charge in [0.15, 0.2) is 5.82 Å². The highest BCUT2D eigenvalue weighted by Gasteiger charge is 2.15. The molecule has 2 aromatic heterocycles. The molecule has 1 saturated heterocycles. The third kappa shape index (κ3) is 2.56. The molecule has 0 spiro atoms. The molecule has 0 amide bonds. The van der Waals surface area contributed by atoms with E-state index in [4.69, 9.17) is 4.52 Å². The van der Waals surface area contributed by atoms with Gasteiger partial charge in [-0.3, -0.25) is 4.98 Å². The van der Waals surface area contributed by atoms with E-state index in [1.165, 1.54) is 12.8 Å². The van der Waals surface area contributed by atoms with Gasteiger partial charge in [-0.1, -0.05) is 5.16 Å². The van der Waals surface area contributed by atoms with Crippen LogP contribution < -0.4 is 5.32 Å². The lowest BCUT2D eigenvalue weighted by Gasteiger charge is -2.06. The van der Waals surface area contributed by atoms with Crippen molar-refractivity contribution in [3.8, 4) is 11.5 Å². The van der Waals surface area contributed by atoms with Gasteiger partial charge in [0.25, 0.3) is 5.89 Å². The molecule has 0 saturated carbocycles. The fourth-order valence-electron chi connectivity index (χ4n) is 2.27. The predicted octanol–water partition coefficient (Wildman–Crippen LogP) is 1.82. The predicted molar refractivity (Wildman–Crippen MR) is 66.9 cm³/mol. The van der Waals surface area contributed by atoms with Crippen molar-refractivity contribution in [2.75, 3.05) is 6.54 Å². The second-order valence-electron chi connectivity index (χ2n) is 4.58. The Balaban J connectivity index is 1.63. The standard InChI is InChI=1S/C13H16N4O/c1-2-11(15-7-1)3-4-12-16-13(18-17-12)10-5-8-14-9-6-10/h5-6,8-9,11,15H,1-4,7H2. The Kier molecular flexibility index (Phi) is 3.32. The van der Waals surface area contributed by atoms with Crippen LogP contribution in [0.15, 0.2) is 29.0 Å². The summed E-state index contributed by atoms with van der Waals surface area (Å²) < 4.78 is 5.26. The molecule has 0 aliphatic carbocycles. The molecule has 1 aliphatic rings. The van der Waals surface area contributed by atoms with Crippen molar-refractivity contribution >= 4 is 0 Å². The van der Waals surface area contributed by atoms with Gasteiger partial charge >= 0.3 is 0 Å². The minimum Gasteiger partial charge on any atom is -0.334 e. The summed E-state index contributed by atoms with van der Waals surface area (Å²) in [4.78, 5) is 8.38. The summed E-state index contributed by atoms with van der Waals surface area (Å²) in [5, 5.41) is 7.49. The van der Waals surface area contributed by atoms with Crippen molar-refractivity contribution in [3.63, 3.8) is 0 Å². The molecule has 5 heteroatoms. The van der Waals surface area contributed by atoms with Gasteiger partial charge in [0.2, 0.25) is 0 Å². The Morgan fingerprint density at radius 2 is 2.22 bits per heavy atom. The minimum atomic E-state index is 0.576. The molecule has 1 aliphatic heterocycles. The zero-order chi connectivity index (χ0) is 12.2. The molecule has 1 unspecified atom stereocenters. The first-order valence-electron chi connectivity index (χ1n) is 6.38. The second-order valence-corrected chi connectivity index (χ2v) is 4.58.